The molecule has 43 heavy (non-hydrogen) atoms. The summed E-state index contributed by atoms with van der Waals surface area (Å²) in [5, 5.41) is 2.63. The molecule has 5 rings (SSSR count). The summed E-state index contributed by atoms with van der Waals surface area (Å²) < 4.78 is 154. The van der Waals surface area contributed by atoms with Crippen LogP contribution in [0.4, 0.5) is 43.9 Å². The predicted octanol–water partition coefficient (Wildman–Crippen LogP) is 8.01. The van der Waals surface area contributed by atoms with E-state index < -0.39 is 69.2 Å². The number of alkyl halides is 11. The second-order valence-electron chi connectivity index (χ2n) is 9.97. The van der Waals surface area contributed by atoms with E-state index in [2.05, 4.69) is 5.09 Å². The second-order valence-corrected chi connectivity index (χ2v) is 19.0. The molecule has 2 aromatic rings. The monoisotopic (exact) mass is 706 g/mol. The molecule has 1 N–H and O–H groups in total. The van der Waals surface area contributed by atoms with Crippen LogP contribution in [0.15, 0.2) is 48.5 Å². The van der Waals surface area contributed by atoms with Gasteiger partial charge in [-0.2, -0.15) is 0 Å². The van der Waals surface area contributed by atoms with Gasteiger partial charge in [0, 0.05) is 0 Å². The maximum absolute atomic E-state index is 15.3. The summed E-state index contributed by atoms with van der Waals surface area (Å²) in [4.78, 5) is 14.1. The molecule has 3 aliphatic heterocycles. The fourth-order valence-electron chi connectivity index (χ4n) is 5.48. The van der Waals surface area contributed by atoms with Crippen LogP contribution in [0.1, 0.15) is 22.3 Å². The standard InChI is InChI=1S/C24H20Cl2F10N2O3P2/c25-10-9-14-11-37-43(40-18(19(41-43)22(29,30)31)21(27,28)23(32,33)24(34,35)36)38(12-13-5-1-3-7-16(13)26)20(39)15-6-2-4-8-17(15)42(14)43/h1-8,14,18-19,37H,9-12H2. The van der Waals surface area contributed by atoms with Gasteiger partial charge in [-0.1, -0.05) is 0 Å². The van der Waals surface area contributed by atoms with Crippen LogP contribution in [0.5, 0.6) is 0 Å². The number of carbonyl (C=O) groups is 1. The van der Waals surface area contributed by atoms with E-state index in [0.717, 1.165) is 0 Å². The molecule has 2 aromatic carbocycles. The summed E-state index contributed by atoms with van der Waals surface area (Å²) >= 11 is 12.2. The molecule has 0 saturated carbocycles. The van der Waals surface area contributed by atoms with Crippen molar-refractivity contribution >= 4 is 49.1 Å². The fourth-order valence-corrected chi connectivity index (χ4v) is 19.8. The van der Waals surface area contributed by atoms with Gasteiger partial charge >= 0.3 is 249 Å². The van der Waals surface area contributed by atoms with Crippen molar-refractivity contribution in [2.45, 2.75) is 55.0 Å². The Morgan fingerprint density at radius 2 is 1.53 bits per heavy atom. The van der Waals surface area contributed by atoms with Gasteiger partial charge in [-0.05, 0) is 0 Å². The zero-order valence-corrected chi connectivity index (χ0v) is 24.6. The predicted molar refractivity (Wildman–Crippen MR) is 140 cm³/mol. The van der Waals surface area contributed by atoms with Gasteiger partial charge in [-0.25, -0.2) is 0 Å². The first-order valence-electron chi connectivity index (χ1n) is 12.4. The molecule has 4 atom stereocenters. The Balaban J connectivity index is 1.82. The van der Waals surface area contributed by atoms with Gasteiger partial charge in [0.1, 0.15) is 0 Å². The number of halogens is 12. The van der Waals surface area contributed by atoms with E-state index in [1.165, 1.54) is 48.5 Å². The molecular formula is C24H20Cl2F10N2O3P2. The molecule has 2 saturated heterocycles. The van der Waals surface area contributed by atoms with E-state index in [9.17, 15) is 39.9 Å². The number of nitrogens with zero attached hydrogens (tertiary/aromatic N) is 1. The van der Waals surface area contributed by atoms with Crippen LogP contribution in [0.2, 0.25) is 5.02 Å². The van der Waals surface area contributed by atoms with Crippen molar-refractivity contribution in [3.05, 3.63) is 64.7 Å². The fraction of sp³-hybridized carbons (Fsp3) is 0.458. The van der Waals surface area contributed by atoms with Gasteiger partial charge in [0.2, 0.25) is 0 Å². The Hall–Kier alpha value is -1.47. The number of carbonyl (C=O) groups excluding carboxylic acids is 1. The number of rotatable bonds is 6. The van der Waals surface area contributed by atoms with Crippen molar-refractivity contribution < 1.29 is 57.7 Å². The summed E-state index contributed by atoms with van der Waals surface area (Å²) in [7, 11) is -8.52. The van der Waals surface area contributed by atoms with Crippen LogP contribution in [-0.4, -0.2) is 65.1 Å². The average Bonchev–Trinajstić information content (AvgIpc) is 3.45. The molecule has 2 fully saturated rings. The molecule has 0 radical (unpaired) electrons. The Labute approximate surface area is 248 Å². The van der Waals surface area contributed by atoms with Crippen molar-refractivity contribution in [1.82, 2.24) is 9.76 Å². The summed E-state index contributed by atoms with van der Waals surface area (Å²) in [6.07, 6.45) is -21.1. The van der Waals surface area contributed by atoms with Crippen LogP contribution in [-0.2, 0) is 15.6 Å². The van der Waals surface area contributed by atoms with Crippen molar-refractivity contribution in [3.8, 4) is 0 Å². The third kappa shape index (κ3) is 4.75. The van der Waals surface area contributed by atoms with Gasteiger partial charge in [0.15, 0.2) is 0 Å². The summed E-state index contributed by atoms with van der Waals surface area (Å²) in [5.74, 6) is -14.7. The Bertz CT molecular complexity index is 1430. The normalized spacial score (nSPS) is 28.0. The van der Waals surface area contributed by atoms with Crippen LogP contribution < -0.4 is 10.4 Å². The number of fused-ring (bicyclic) bond motifs is 2. The molecule has 1 spiro atoms. The molecule has 0 aromatic heterocycles. The molecule has 3 aliphatic rings. The van der Waals surface area contributed by atoms with Crippen LogP contribution in [0.3, 0.4) is 0 Å². The Morgan fingerprint density at radius 3 is 2.14 bits per heavy atom. The SMILES string of the molecule is O=C1c2ccccc2P2C(CCCl)CNP23(OC(C(F)(F)F)C(C(F)(F)C(F)(F)C(F)(F)F)O3)N1Cc1ccccc1Cl. The van der Waals surface area contributed by atoms with E-state index in [1.54, 1.807) is 0 Å². The molecule has 3 heterocycles. The van der Waals surface area contributed by atoms with Gasteiger partial charge in [-0.3, -0.25) is 0 Å². The first-order chi connectivity index (χ1) is 19.8. The molecular weight excluding hydrogens is 687 g/mol. The summed E-state index contributed by atoms with van der Waals surface area (Å²) in [6.45, 7) is -1.06. The number of hydrogen-bond donors (Lipinski definition) is 1. The second kappa shape index (κ2) is 10.5. The third-order valence-electron chi connectivity index (χ3n) is 7.42. The molecule has 5 nitrogen and oxygen atoms in total. The molecule has 19 heteroatoms. The van der Waals surface area contributed by atoms with Crippen molar-refractivity contribution in [2.24, 2.45) is 0 Å². The third-order valence-corrected chi connectivity index (χ3v) is 19.4. The first-order valence-corrected chi connectivity index (χ1v) is 17.4. The minimum atomic E-state index is -6.98. The maximum atomic E-state index is 15.3. The molecule has 1 amide bonds. The number of nitrogens with one attached hydrogen (secondary N) is 1. The number of amides is 1. The quantitative estimate of drug-likeness (QED) is 0.188. The van der Waals surface area contributed by atoms with Gasteiger partial charge in [0.25, 0.3) is 0 Å². The van der Waals surface area contributed by atoms with E-state index in [1.807, 2.05) is 0 Å². The van der Waals surface area contributed by atoms with Crippen molar-refractivity contribution in [1.29, 1.82) is 0 Å². The summed E-state index contributed by atoms with van der Waals surface area (Å²) in [5.41, 5.74) is -0.802. The van der Waals surface area contributed by atoms with Crippen LogP contribution >= 0.6 is 37.9 Å². The summed E-state index contributed by atoms with van der Waals surface area (Å²) in [6, 6.07) is 11.2. The van der Waals surface area contributed by atoms with Gasteiger partial charge < -0.3 is 0 Å². The minimum absolute atomic E-state index is 0.0104. The molecule has 4 unspecified atom stereocenters. The Kier molecular flexibility index (Phi) is 8.06. The van der Waals surface area contributed by atoms with Gasteiger partial charge in [-0.15, -0.1) is 0 Å². The molecule has 0 bridgehead atoms. The Morgan fingerprint density at radius 1 is 0.930 bits per heavy atom. The van der Waals surface area contributed by atoms with Crippen molar-refractivity contribution in [3.63, 3.8) is 0 Å². The van der Waals surface area contributed by atoms with E-state index in [-0.39, 0.29) is 40.3 Å². The molecule has 238 valence electrons. The van der Waals surface area contributed by atoms with Crippen molar-refractivity contribution in [2.75, 3.05) is 12.4 Å². The first kappa shape index (κ1) is 32.9. The number of benzene rings is 2. The van der Waals surface area contributed by atoms with E-state index >= 15 is 8.78 Å². The van der Waals surface area contributed by atoms with E-state index in [4.69, 9.17) is 32.2 Å². The number of hydrogen-bond acceptors (Lipinski definition) is 4. The zero-order valence-electron chi connectivity index (χ0n) is 21.3. The van der Waals surface area contributed by atoms with Crippen LogP contribution in [0.25, 0.3) is 0 Å². The van der Waals surface area contributed by atoms with Crippen LogP contribution in [0, 0.1) is 0 Å². The topological polar surface area (TPSA) is 50.8 Å². The average molecular weight is 707 g/mol. The zero-order chi connectivity index (χ0) is 31.8. The molecule has 0 aliphatic carbocycles. The van der Waals surface area contributed by atoms with Gasteiger partial charge in [0.05, 0.1) is 0 Å². The van der Waals surface area contributed by atoms with E-state index in [0.29, 0.717) is 4.67 Å².